The van der Waals surface area contributed by atoms with Crippen LogP contribution in [-0.4, -0.2) is 30.7 Å². The Morgan fingerprint density at radius 3 is 2.72 bits per heavy atom. The molecule has 0 unspecified atom stereocenters. The van der Waals surface area contributed by atoms with Crippen LogP contribution >= 0.6 is 0 Å². The van der Waals surface area contributed by atoms with Gasteiger partial charge in [-0.2, -0.15) is 23.3 Å². The standard InChI is InChI=1S/C8H8F3N5O2/c1-15-7(17)16(4-12-15)3-6-13-5(14-18-6)2-8(9,10)11/h4H,2-3H2,1H3. The smallest absolute Gasteiger partial charge is 0.337 e. The van der Waals surface area contributed by atoms with Crippen molar-refractivity contribution in [3.05, 3.63) is 28.5 Å². The van der Waals surface area contributed by atoms with E-state index >= 15 is 0 Å². The van der Waals surface area contributed by atoms with Crippen LogP contribution in [0, 0.1) is 0 Å². The van der Waals surface area contributed by atoms with E-state index in [0.717, 1.165) is 9.25 Å². The number of alkyl halides is 3. The first-order valence-corrected chi connectivity index (χ1v) is 4.82. The lowest BCUT2D eigenvalue weighted by molar-refractivity contribution is -0.128. The van der Waals surface area contributed by atoms with Crippen molar-refractivity contribution in [1.82, 2.24) is 24.5 Å². The summed E-state index contributed by atoms with van der Waals surface area (Å²) >= 11 is 0. The summed E-state index contributed by atoms with van der Waals surface area (Å²) in [6.07, 6.45) is -4.43. The summed E-state index contributed by atoms with van der Waals surface area (Å²) in [5.41, 5.74) is -0.425. The van der Waals surface area contributed by atoms with E-state index in [1.807, 2.05) is 0 Å². The fourth-order valence-corrected chi connectivity index (χ4v) is 1.28. The third-order valence-electron chi connectivity index (χ3n) is 2.06. The van der Waals surface area contributed by atoms with Crippen molar-refractivity contribution in [1.29, 1.82) is 0 Å². The van der Waals surface area contributed by atoms with Crippen LogP contribution in [-0.2, 0) is 20.0 Å². The van der Waals surface area contributed by atoms with Gasteiger partial charge in [-0.1, -0.05) is 5.16 Å². The molecule has 0 amide bonds. The number of rotatable bonds is 3. The molecular weight excluding hydrogens is 255 g/mol. The number of hydrogen-bond acceptors (Lipinski definition) is 5. The molecule has 0 atom stereocenters. The molecule has 2 heterocycles. The van der Waals surface area contributed by atoms with Gasteiger partial charge < -0.3 is 4.52 Å². The van der Waals surface area contributed by atoms with Crippen LogP contribution in [0.4, 0.5) is 13.2 Å². The summed E-state index contributed by atoms with van der Waals surface area (Å²) in [7, 11) is 1.45. The minimum absolute atomic E-state index is 0.0793. The lowest BCUT2D eigenvalue weighted by atomic mass is 10.4. The predicted octanol–water partition coefficient (Wildman–Crippen LogP) is 0.118. The van der Waals surface area contributed by atoms with Gasteiger partial charge in [-0.15, -0.1) is 0 Å². The molecule has 0 saturated carbocycles. The SMILES string of the molecule is Cn1ncn(Cc2nc(CC(F)(F)F)no2)c1=O. The number of aromatic nitrogens is 5. The van der Waals surface area contributed by atoms with Crippen LogP contribution in [0.3, 0.4) is 0 Å². The van der Waals surface area contributed by atoms with E-state index in [9.17, 15) is 18.0 Å². The molecule has 2 aromatic rings. The Balaban J connectivity index is 2.12. The van der Waals surface area contributed by atoms with E-state index in [4.69, 9.17) is 0 Å². The minimum Gasteiger partial charge on any atom is -0.337 e. The van der Waals surface area contributed by atoms with Gasteiger partial charge >= 0.3 is 11.9 Å². The van der Waals surface area contributed by atoms with Gasteiger partial charge in [0.15, 0.2) is 5.82 Å². The van der Waals surface area contributed by atoms with Crippen molar-refractivity contribution in [2.24, 2.45) is 7.05 Å². The molecule has 10 heteroatoms. The van der Waals surface area contributed by atoms with Gasteiger partial charge in [0.1, 0.15) is 19.3 Å². The van der Waals surface area contributed by atoms with Crippen molar-refractivity contribution in [3.63, 3.8) is 0 Å². The van der Waals surface area contributed by atoms with E-state index in [1.54, 1.807) is 0 Å². The first kappa shape index (κ1) is 12.3. The number of hydrogen-bond donors (Lipinski definition) is 0. The average Bonchev–Trinajstić information content (AvgIpc) is 2.78. The maximum atomic E-state index is 12.1. The van der Waals surface area contributed by atoms with Gasteiger partial charge in [0.25, 0.3) is 0 Å². The van der Waals surface area contributed by atoms with Gasteiger partial charge in [-0.25, -0.2) is 9.48 Å². The molecule has 0 spiro atoms. The molecule has 7 nitrogen and oxygen atoms in total. The highest BCUT2D eigenvalue weighted by Crippen LogP contribution is 2.19. The Bertz CT molecular complexity index is 596. The predicted molar refractivity (Wildman–Crippen MR) is 50.6 cm³/mol. The van der Waals surface area contributed by atoms with Gasteiger partial charge in [-0.05, 0) is 0 Å². The van der Waals surface area contributed by atoms with Crippen LogP contribution in [0.25, 0.3) is 0 Å². The van der Waals surface area contributed by atoms with E-state index < -0.39 is 24.1 Å². The summed E-state index contributed by atoms with van der Waals surface area (Å²) in [4.78, 5) is 14.9. The molecule has 0 aromatic carbocycles. The number of aryl methyl sites for hydroxylation is 1. The van der Waals surface area contributed by atoms with E-state index in [0.29, 0.717) is 0 Å². The van der Waals surface area contributed by atoms with Crippen LogP contribution in [0.2, 0.25) is 0 Å². The third kappa shape index (κ3) is 2.76. The van der Waals surface area contributed by atoms with Gasteiger partial charge in [0, 0.05) is 7.05 Å². The molecule has 2 aromatic heterocycles. The maximum Gasteiger partial charge on any atom is 0.396 e. The normalized spacial score (nSPS) is 12.0. The van der Waals surface area contributed by atoms with Crippen LogP contribution < -0.4 is 5.69 Å². The van der Waals surface area contributed by atoms with Crippen molar-refractivity contribution >= 4 is 0 Å². The Hall–Kier alpha value is -2.13. The van der Waals surface area contributed by atoms with E-state index in [2.05, 4.69) is 19.8 Å². The molecule has 0 aliphatic rings. The van der Waals surface area contributed by atoms with Gasteiger partial charge in [0.05, 0.1) is 0 Å². The second kappa shape index (κ2) is 4.27. The Morgan fingerprint density at radius 2 is 2.17 bits per heavy atom. The second-order valence-electron chi connectivity index (χ2n) is 3.56. The summed E-state index contributed by atoms with van der Waals surface area (Å²) in [6, 6.07) is 0. The summed E-state index contributed by atoms with van der Waals surface area (Å²) < 4.78 is 43.0. The fraction of sp³-hybridized carbons (Fsp3) is 0.500. The Morgan fingerprint density at radius 1 is 1.44 bits per heavy atom. The topological polar surface area (TPSA) is 78.7 Å². The molecule has 0 saturated heterocycles. The molecule has 98 valence electrons. The van der Waals surface area contributed by atoms with Crippen LogP contribution in [0.5, 0.6) is 0 Å². The van der Waals surface area contributed by atoms with Gasteiger partial charge in [0.2, 0.25) is 5.89 Å². The maximum absolute atomic E-state index is 12.1. The van der Waals surface area contributed by atoms with Crippen molar-refractivity contribution in [2.75, 3.05) is 0 Å². The largest absolute Gasteiger partial charge is 0.396 e. The molecule has 0 aliphatic heterocycles. The van der Waals surface area contributed by atoms with E-state index in [1.165, 1.54) is 13.4 Å². The third-order valence-corrected chi connectivity index (χ3v) is 2.06. The molecule has 18 heavy (non-hydrogen) atoms. The molecule has 0 N–H and O–H groups in total. The second-order valence-corrected chi connectivity index (χ2v) is 3.56. The van der Waals surface area contributed by atoms with Crippen molar-refractivity contribution in [2.45, 2.75) is 19.1 Å². The van der Waals surface area contributed by atoms with Crippen molar-refractivity contribution in [3.8, 4) is 0 Å². The average molecular weight is 263 g/mol. The highest BCUT2D eigenvalue weighted by atomic mass is 19.4. The quantitative estimate of drug-likeness (QED) is 0.785. The zero-order valence-corrected chi connectivity index (χ0v) is 9.18. The number of nitrogens with zero attached hydrogens (tertiary/aromatic N) is 5. The minimum atomic E-state index is -4.40. The lowest BCUT2D eigenvalue weighted by Crippen LogP contribution is -2.23. The monoisotopic (exact) mass is 263 g/mol. The highest BCUT2D eigenvalue weighted by molar-refractivity contribution is 4.89. The lowest BCUT2D eigenvalue weighted by Gasteiger charge is -1.99. The highest BCUT2D eigenvalue weighted by Gasteiger charge is 2.30. The zero-order valence-electron chi connectivity index (χ0n) is 9.18. The summed E-state index contributed by atoms with van der Waals surface area (Å²) in [5.74, 6) is -0.543. The molecule has 0 radical (unpaired) electrons. The zero-order chi connectivity index (χ0) is 13.3. The van der Waals surface area contributed by atoms with E-state index in [-0.39, 0.29) is 12.4 Å². The molecule has 2 rings (SSSR count). The Labute approximate surface area is 97.8 Å². The molecule has 0 fully saturated rings. The Kier molecular flexibility index (Phi) is 2.93. The summed E-state index contributed by atoms with van der Waals surface area (Å²) in [5, 5.41) is 6.86. The molecule has 0 aliphatic carbocycles. The summed E-state index contributed by atoms with van der Waals surface area (Å²) in [6.45, 7) is -0.114. The molecular formula is C8H8F3N5O2. The van der Waals surface area contributed by atoms with Gasteiger partial charge in [-0.3, -0.25) is 4.57 Å². The van der Waals surface area contributed by atoms with Crippen molar-refractivity contribution < 1.29 is 17.7 Å². The first-order valence-electron chi connectivity index (χ1n) is 4.82. The molecule has 0 bridgehead atoms. The first-order chi connectivity index (χ1) is 8.35. The fourth-order valence-electron chi connectivity index (χ4n) is 1.28. The number of halogens is 3. The van der Waals surface area contributed by atoms with Crippen LogP contribution in [0.15, 0.2) is 15.6 Å². The van der Waals surface area contributed by atoms with Crippen LogP contribution in [0.1, 0.15) is 11.7 Å².